The van der Waals surface area contributed by atoms with Crippen LogP contribution >= 0.6 is 23.1 Å². The maximum Gasteiger partial charge on any atom is 0.115 e. The fraction of sp³-hybridized carbons (Fsp3) is 0.120. The number of thiophene rings is 1. The first kappa shape index (κ1) is 21.5. The Morgan fingerprint density at radius 3 is 2.42 bits per heavy atom. The summed E-state index contributed by atoms with van der Waals surface area (Å²) in [7, 11) is -0.959. The Hall–Kier alpha value is -2.72. The average molecular weight is 461 g/mol. The van der Waals surface area contributed by atoms with Crippen LogP contribution in [-0.4, -0.2) is 20.7 Å². The predicted molar refractivity (Wildman–Crippen MR) is 132 cm³/mol. The van der Waals surface area contributed by atoms with E-state index in [9.17, 15) is 9.47 Å². The first-order chi connectivity index (χ1) is 15.2. The van der Waals surface area contributed by atoms with Crippen molar-refractivity contribution >= 4 is 33.9 Å². The SMILES string of the molecule is N#Cc1c(-c2ccccc2)cc(-c2cccs2)nc1SCC[S@](=O)Cc1ccccc1. The summed E-state index contributed by atoms with van der Waals surface area (Å²) in [6.07, 6.45) is 0. The Morgan fingerprint density at radius 2 is 1.74 bits per heavy atom. The van der Waals surface area contributed by atoms with Crippen molar-refractivity contribution in [2.75, 3.05) is 11.5 Å². The molecule has 2 heterocycles. The van der Waals surface area contributed by atoms with Crippen LogP contribution in [0.25, 0.3) is 21.7 Å². The molecule has 0 bridgehead atoms. The summed E-state index contributed by atoms with van der Waals surface area (Å²) in [5.41, 5.74) is 4.39. The maximum atomic E-state index is 12.5. The third-order valence-electron chi connectivity index (χ3n) is 4.68. The standard InChI is InChI=1S/C25H20N2OS3/c26-17-22-21(20-10-5-2-6-11-20)16-23(24-12-7-13-29-24)27-25(22)30-14-15-31(28)18-19-8-3-1-4-9-19/h1-13,16H,14-15,18H2/t31-/m0/s1. The van der Waals surface area contributed by atoms with Crippen LogP contribution in [-0.2, 0) is 16.6 Å². The molecular weight excluding hydrogens is 440 g/mol. The van der Waals surface area contributed by atoms with Gasteiger partial charge in [-0.05, 0) is 28.6 Å². The first-order valence-corrected chi connectivity index (χ1v) is 13.2. The van der Waals surface area contributed by atoms with Gasteiger partial charge in [-0.3, -0.25) is 4.21 Å². The minimum absolute atomic E-state index is 0.546. The van der Waals surface area contributed by atoms with E-state index in [0.717, 1.165) is 27.3 Å². The fourth-order valence-corrected chi connectivity index (χ4v) is 6.32. The second-order valence-corrected chi connectivity index (χ2v) is 10.4. The molecule has 0 aliphatic rings. The average Bonchev–Trinajstić information content (AvgIpc) is 3.35. The number of thioether (sulfide) groups is 1. The van der Waals surface area contributed by atoms with Crippen molar-refractivity contribution in [2.45, 2.75) is 10.8 Å². The molecule has 1 atom stereocenters. The van der Waals surface area contributed by atoms with Gasteiger partial charge in [0.15, 0.2) is 0 Å². The second kappa shape index (κ2) is 10.5. The zero-order valence-corrected chi connectivity index (χ0v) is 19.2. The normalized spacial score (nSPS) is 11.7. The number of hydrogen-bond donors (Lipinski definition) is 0. The molecule has 0 spiro atoms. The molecule has 0 amide bonds. The Bertz CT molecular complexity index is 1200. The van der Waals surface area contributed by atoms with Gasteiger partial charge in [-0.15, -0.1) is 23.1 Å². The molecule has 0 N–H and O–H groups in total. The van der Waals surface area contributed by atoms with E-state index >= 15 is 0 Å². The molecule has 0 fully saturated rings. The molecule has 2 aromatic carbocycles. The third-order valence-corrected chi connectivity index (χ3v) is 8.12. The molecule has 4 aromatic rings. The van der Waals surface area contributed by atoms with Crippen LogP contribution in [0, 0.1) is 11.3 Å². The second-order valence-electron chi connectivity index (χ2n) is 6.81. The monoisotopic (exact) mass is 460 g/mol. The summed E-state index contributed by atoms with van der Waals surface area (Å²) in [4.78, 5) is 5.87. The van der Waals surface area contributed by atoms with Gasteiger partial charge >= 0.3 is 0 Å². The number of nitriles is 1. The van der Waals surface area contributed by atoms with Crippen LogP contribution in [0.5, 0.6) is 0 Å². The highest BCUT2D eigenvalue weighted by Gasteiger charge is 2.16. The molecule has 4 rings (SSSR count). The minimum atomic E-state index is -0.959. The largest absolute Gasteiger partial charge is 0.259 e. The number of nitrogens with zero attached hydrogens (tertiary/aromatic N) is 2. The van der Waals surface area contributed by atoms with E-state index in [1.807, 2.05) is 84.2 Å². The molecule has 0 saturated heterocycles. The summed E-state index contributed by atoms with van der Waals surface area (Å²) in [6, 6.07) is 28.2. The van der Waals surface area contributed by atoms with Crippen molar-refractivity contribution in [1.82, 2.24) is 4.98 Å². The Kier molecular flexibility index (Phi) is 7.31. The number of pyridine rings is 1. The number of rotatable bonds is 8. The van der Waals surface area contributed by atoms with E-state index in [1.165, 1.54) is 11.8 Å². The fourth-order valence-electron chi connectivity index (χ4n) is 3.19. The van der Waals surface area contributed by atoms with Crippen molar-refractivity contribution in [3.05, 3.63) is 95.4 Å². The molecule has 0 radical (unpaired) electrons. The van der Waals surface area contributed by atoms with Crippen molar-refractivity contribution in [3.63, 3.8) is 0 Å². The minimum Gasteiger partial charge on any atom is -0.259 e. The van der Waals surface area contributed by atoms with Gasteiger partial charge in [0.2, 0.25) is 0 Å². The lowest BCUT2D eigenvalue weighted by molar-refractivity contribution is 0.683. The van der Waals surface area contributed by atoms with Crippen LogP contribution in [0.4, 0.5) is 0 Å². The number of aromatic nitrogens is 1. The van der Waals surface area contributed by atoms with Crippen LogP contribution in [0.15, 0.2) is 89.3 Å². The van der Waals surface area contributed by atoms with Crippen molar-refractivity contribution in [1.29, 1.82) is 5.26 Å². The predicted octanol–water partition coefficient (Wildman–Crippen LogP) is 6.39. The van der Waals surface area contributed by atoms with Gasteiger partial charge < -0.3 is 0 Å². The van der Waals surface area contributed by atoms with Gasteiger partial charge in [0.05, 0.1) is 16.1 Å². The molecule has 154 valence electrons. The number of benzene rings is 2. The zero-order chi connectivity index (χ0) is 21.5. The van der Waals surface area contributed by atoms with Gasteiger partial charge in [0.25, 0.3) is 0 Å². The summed E-state index contributed by atoms with van der Waals surface area (Å²) in [5.74, 6) is 1.74. The third kappa shape index (κ3) is 5.50. The van der Waals surface area contributed by atoms with Crippen molar-refractivity contribution in [3.8, 4) is 27.8 Å². The summed E-state index contributed by atoms with van der Waals surface area (Å²) in [6.45, 7) is 0. The lowest BCUT2D eigenvalue weighted by Gasteiger charge is -2.12. The Labute approximate surface area is 193 Å². The molecular formula is C25H20N2OS3. The molecule has 2 aromatic heterocycles. The quantitative estimate of drug-likeness (QED) is 0.286. The van der Waals surface area contributed by atoms with Crippen LogP contribution in [0.2, 0.25) is 0 Å². The Balaban J connectivity index is 1.58. The van der Waals surface area contributed by atoms with Gasteiger partial charge in [-0.25, -0.2) is 4.98 Å². The van der Waals surface area contributed by atoms with Crippen LogP contribution < -0.4 is 0 Å². The highest BCUT2D eigenvalue weighted by Crippen LogP contribution is 2.35. The molecule has 0 saturated carbocycles. The highest BCUT2D eigenvalue weighted by molar-refractivity contribution is 8.00. The van der Waals surface area contributed by atoms with E-state index < -0.39 is 10.8 Å². The van der Waals surface area contributed by atoms with E-state index in [1.54, 1.807) is 11.3 Å². The zero-order valence-electron chi connectivity index (χ0n) is 16.7. The van der Waals surface area contributed by atoms with Crippen LogP contribution in [0.1, 0.15) is 11.1 Å². The lowest BCUT2D eigenvalue weighted by Crippen LogP contribution is -2.04. The van der Waals surface area contributed by atoms with Crippen molar-refractivity contribution in [2.24, 2.45) is 0 Å². The smallest absolute Gasteiger partial charge is 0.115 e. The highest BCUT2D eigenvalue weighted by atomic mass is 32.2. The molecule has 0 aliphatic carbocycles. The summed E-state index contributed by atoms with van der Waals surface area (Å²) < 4.78 is 12.5. The van der Waals surface area contributed by atoms with Crippen LogP contribution in [0.3, 0.4) is 0 Å². The molecule has 3 nitrogen and oxygen atoms in total. The molecule has 31 heavy (non-hydrogen) atoms. The first-order valence-electron chi connectivity index (χ1n) is 9.81. The van der Waals surface area contributed by atoms with E-state index in [-0.39, 0.29) is 0 Å². The molecule has 0 aliphatic heterocycles. The van der Waals surface area contributed by atoms with Gasteiger partial charge in [-0.1, -0.05) is 66.7 Å². The molecule has 0 unspecified atom stereocenters. The lowest BCUT2D eigenvalue weighted by atomic mass is 10.0. The summed E-state index contributed by atoms with van der Waals surface area (Å²) in [5, 5.41) is 12.6. The summed E-state index contributed by atoms with van der Waals surface area (Å²) >= 11 is 3.14. The Morgan fingerprint density at radius 1 is 1.00 bits per heavy atom. The van der Waals surface area contributed by atoms with E-state index in [4.69, 9.17) is 4.98 Å². The molecule has 6 heteroatoms. The van der Waals surface area contributed by atoms with E-state index in [0.29, 0.717) is 27.8 Å². The van der Waals surface area contributed by atoms with Gasteiger partial charge in [0.1, 0.15) is 11.1 Å². The van der Waals surface area contributed by atoms with Gasteiger partial charge in [0, 0.05) is 33.6 Å². The number of hydrogen-bond acceptors (Lipinski definition) is 5. The maximum absolute atomic E-state index is 12.5. The topological polar surface area (TPSA) is 53.8 Å². The van der Waals surface area contributed by atoms with E-state index in [2.05, 4.69) is 6.07 Å². The van der Waals surface area contributed by atoms with Gasteiger partial charge in [-0.2, -0.15) is 5.26 Å². The van der Waals surface area contributed by atoms with Crippen molar-refractivity contribution < 1.29 is 4.21 Å².